The molecule has 1 aliphatic heterocycles. The zero-order valence-electron chi connectivity index (χ0n) is 16.2. The highest BCUT2D eigenvalue weighted by Crippen LogP contribution is 2.41. The van der Waals surface area contributed by atoms with Crippen LogP contribution in [0, 0.1) is 23.0 Å². The molecular formula is C20H17ClF2N4O2S. The lowest BCUT2D eigenvalue weighted by Crippen LogP contribution is -2.47. The fourth-order valence-electron chi connectivity index (χ4n) is 3.34. The standard InChI is InChI=1S/C20H17ClF2N4O2S/c1-20(2)18(29)26(14-7-4-10(9-24)15(21)16(14)23)19(30)27(20)11-5-6-12(13(22)8-11)17(28)25-3/h4-8,18,29H,1-3H3,(H,25,28). The van der Waals surface area contributed by atoms with Crippen molar-refractivity contribution in [2.45, 2.75) is 25.6 Å². The molecule has 1 saturated heterocycles. The summed E-state index contributed by atoms with van der Waals surface area (Å²) in [5.41, 5.74) is -1.14. The van der Waals surface area contributed by atoms with Gasteiger partial charge in [-0.2, -0.15) is 5.26 Å². The summed E-state index contributed by atoms with van der Waals surface area (Å²) in [6, 6.07) is 8.31. The maximum Gasteiger partial charge on any atom is 0.253 e. The molecule has 1 aliphatic rings. The number of benzene rings is 2. The number of hydrogen-bond acceptors (Lipinski definition) is 4. The second kappa shape index (κ2) is 7.80. The Morgan fingerprint density at radius 3 is 2.57 bits per heavy atom. The Labute approximate surface area is 182 Å². The number of nitrogens with zero attached hydrogens (tertiary/aromatic N) is 3. The van der Waals surface area contributed by atoms with Crippen LogP contribution in [0.15, 0.2) is 30.3 Å². The number of carbonyl (C=O) groups is 1. The van der Waals surface area contributed by atoms with E-state index in [1.165, 1.54) is 36.2 Å². The highest BCUT2D eigenvalue weighted by atomic mass is 35.5. The molecule has 1 fully saturated rings. The van der Waals surface area contributed by atoms with Crippen LogP contribution in [0.3, 0.4) is 0 Å². The number of carbonyl (C=O) groups excluding carboxylic acids is 1. The van der Waals surface area contributed by atoms with Gasteiger partial charge < -0.3 is 15.3 Å². The van der Waals surface area contributed by atoms with Gasteiger partial charge in [-0.3, -0.25) is 9.69 Å². The normalized spacial score (nSPS) is 17.8. The smallest absolute Gasteiger partial charge is 0.253 e. The van der Waals surface area contributed by atoms with Crippen LogP contribution in [0.25, 0.3) is 0 Å². The minimum Gasteiger partial charge on any atom is -0.371 e. The lowest BCUT2D eigenvalue weighted by Gasteiger charge is -2.33. The van der Waals surface area contributed by atoms with E-state index < -0.39 is 29.3 Å². The number of thiocarbonyl (C=S) groups is 1. The molecule has 0 saturated carbocycles. The monoisotopic (exact) mass is 450 g/mol. The number of nitrogens with one attached hydrogen (secondary N) is 1. The number of hydrogen-bond donors (Lipinski definition) is 2. The number of aliphatic hydroxyl groups excluding tert-OH is 1. The summed E-state index contributed by atoms with van der Waals surface area (Å²) in [6.45, 7) is 3.30. The minimum absolute atomic E-state index is 0.000678. The van der Waals surface area contributed by atoms with E-state index in [0.717, 1.165) is 11.0 Å². The predicted molar refractivity (Wildman–Crippen MR) is 114 cm³/mol. The van der Waals surface area contributed by atoms with Gasteiger partial charge in [0.2, 0.25) is 0 Å². The third kappa shape index (κ3) is 3.27. The zero-order valence-corrected chi connectivity index (χ0v) is 17.8. The lowest BCUT2D eigenvalue weighted by atomic mass is 10.0. The molecule has 1 amide bonds. The second-order valence-electron chi connectivity index (χ2n) is 7.13. The molecule has 10 heteroatoms. The Balaban J connectivity index is 2.09. The molecule has 156 valence electrons. The summed E-state index contributed by atoms with van der Waals surface area (Å²) in [7, 11) is 1.39. The maximum absolute atomic E-state index is 14.9. The second-order valence-corrected chi connectivity index (χ2v) is 7.87. The van der Waals surface area contributed by atoms with Crippen LogP contribution in [-0.4, -0.2) is 34.9 Å². The first-order valence-electron chi connectivity index (χ1n) is 8.77. The van der Waals surface area contributed by atoms with Crippen LogP contribution in [0.4, 0.5) is 20.2 Å². The van der Waals surface area contributed by atoms with Gasteiger partial charge in [-0.15, -0.1) is 0 Å². The Morgan fingerprint density at radius 1 is 1.33 bits per heavy atom. The summed E-state index contributed by atoms with van der Waals surface area (Å²) in [4.78, 5) is 14.4. The van der Waals surface area contributed by atoms with Gasteiger partial charge in [0.25, 0.3) is 5.91 Å². The first-order valence-corrected chi connectivity index (χ1v) is 9.56. The van der Waals surface area contributed by atoms with Crippen molar-refractivity contribution in [1.29, 1.82) is 5.26 Å². The van der Waals surface area contributed by atoms with Crippen molar-refractivity contribution < 1.29 is 18.7 Å². The van der Waals surface area contributed by atoms with Crippen molar-refractivity contribution >= 4 is 46.2 Å². The third-order valence-electron chi connectivity index (χ3n) is 4.97. The number of nitriles is 1. The first kappa shape index (κ1) is 21.9. The van der Waals surface area contributed by atoms with Crippen molar-refractivity contribution in [3.63, 3.8) is 0 Å². The van der Waals surface area contributed by atoms with Gasteiger partial charge in [0, 0.05) is 12.7 Å². The molecule has 1 atom stereocenters. The Bertz CT molecular complexity index is 1100. The van der Waals surface area contributed by atoms with E-state index in [1.54, 1.807) is 19.9 Å². The number of anilines is 2. The molecule has 0 bridgehead atoms. The number of halogens is 3. The van der Waals surface area contributed by atoms with Crippen LogP contribution >= 0.6 is 23.8 Å². The molecule has 2 N–H and O–H groups in total. The summed E-state index contributed by atoms with van der Waals surface area (Å²) >= 11 is 11.4. The molecule has 1 unspecified atom stereocenters. The highest BCUT2D eigenvalue weighted by molar-refractivity contribution is 7.80. The van der Waals surface area contributed by atoms with Gasteiger partial charge in [-0.25, -0.2) is 8.78 Å². The molecule has 2 aromatic rings. The zero-order chi connectivity index (χ0) is 22.4. The van der Waals surface area contributed by atoms with E-state index in [-0.39, 0.29) is 32.6 Å². The van der Waals surface area contributed by atoms with Gasteiger partial charge in [0.1, 0.15) is 11.9 Å². The van der Waals surface area contributed by atoms with Crippen LogP contribution in [0.1, 0.15) is 29.8 Å². The lowest BCUT2D eigenvalue weighted by molar-refractivity contribution is 0.0959. The van der Waals surface area contributed by atoms with Gasteiger partial charge in [-0.1, -0.05) is 11.6 Å². The van der Waals surface area contributed by atoms with E-state index >= 15 is 0 Å². The minimum atomic E-state index is -1.31. The molecule has 3 rings (SSSR count). The van der Waals surface area contributed by atoms with Crippen molar-refractivity contribution in [1.82, 2.24) is 5.32 Å². The van der Waals surface area contributed by atoms with Crippen LogP contribution in [0.5, 0.6) is 0 Å². The molecule has 30 heavy (non-hydrogen) atoms. The van der Waals surface area contributed by atoms with Gasteiger partial charge in [0.15, 0.2) is 17.2 Å². The fraction of sp³-hybridized carbons (Fsp3) is 0.250. The molecule has 0 aromatic heterocycles. The SMILES string of the molecule is CNC(=O)c1ccc(N2C(=S)N(c3ccc(C#N)c(Cl)c3F)C(O)C2(C)C)cc1F. The molecule has 1 heterocycles. The summed E-state index contributed by atoms with van der Waals surface area (Å²) in [5, 5.41) is 21.9. The van der Waals surface area contributed by atoms with E-state index in [0.29, 0.717) is 0 Å². The summed E-state index contributed by atoms with van der Waals surface area (Å²) in [5.74, 6) is -2.26. The Kier molecular flexibility index (Phi) is 5.69. The fourth-order valence-corrected chi connectivity index (χ4v) is 4.08. The molecule has 0 spiro atoms. The maximum atomic E-state index is 14.9. The number of amides is 1. The van der Waals surface area contributed by atoms with E-state index in [2.05, 4.69) is 5.32 Å². The molecule has 0 aliphatic carbocycles. The number of rotatable bonds is 3. The summed E-state index contributed by atoms with van der Waals surface area (Å²) in [6.07, 6.45) is -1.31. The van der Waals surface area contributed by atoms with Crippen LogP contribution in [-0.2, 0) is 0 Å². The Morgan fingerprint density at radius 2 is 2.00 bits per heavy atom. The Hall–Kier alpha value is -2.80. The molecule has 2 aromatic carbocycles. The largest absolute Gasteiger partial charge is 0.371 e. The van der Waals surface area contributed by atoms with Crippen molar-refractivity contribution in [3.05, 3.63) is 58.1 Å². The van der Waals surface area contributed by atoms with Crippen molar-refractivity contribution in [2.24, 2.45) is 0 Å². The van der Waals surface area contributed by atoms with E-state index in [9.17, 15) is 18.7 Å². The predicted octanol–water partition coefficient (Wildman–Crippen LogP) is 3.56. The summed E-state index contributed by atoms with van der Waals surface area (Å²) < 4.78 is 29.4. The third-order valence-corrected chi connectivity index (χ3v) is 5.72. The molecular weight excluding hydrogens is 434 g/mol. The van der Waals surface area contributed by atoms with E-state index in [4.69, 9.17) is 29.1 Å². The van der Waals surface area contributed by atoms with Gasteiger partial charge in [0.05, 0.1) is 27.4 Å². The number of aliphatic hydroxyl groups is 1. The van der Waals surface area contributed by atoms with Crippen molar-refractivity contribution in [2.75, 3.05) is 16.8 Å². The quantitative estimate of drug-likeness (QED) is 0.696. The topological polar surface area (TPSA) is 79.6 Å². The van der Waals surface area contributed by atoms with E-state index in [1.807, 2.05) is 0 Å². The highest BCUT2D eigenvalue weighted by Gasteiger charge is 2.50. The van der Waals surface area contributed by atoms with Crippen LogP contribution in [0.2, 0.25) is 5.02 Å². The molecule has 6 nitrogen and oxygen atoms in total. The van der Waals surface area contributed by atoms with Crippen LogP contribution < -0.4 is 15.1 Å². The van der Waals surface area contributed by atoms with Gasteiger partial charge in [-0.05, 0) is 56.4 Å². The van der Waals surface area contributed by atoms with Crippen molar-refractivity contribution in [3.8, 4) is 6.07 Å². The first-order chi connectivity index (χ1) is 14.1. The molecule has 0 radical (unpaired) electrons. The van der Waals surface area contributed by atoms with Gasteiger partial charge >= 0.3 is 0 Å². The average Bonchev–Trinajstić information content (AvgIpc) is 2.88. The average molecular weight is 451 g/mol.